The van der Waals surface area contributed by atoms with Crippen molar-refractivity contribution in [2.24, 2.45) is 0 Å². The van der Waals surface area contributed by atoms with Gasteiger partial charge in [-0.3, -0.25) is 0 Å². The van der Waals surface area contributed by atoms with Crippen LogP contribution in [0.4, 0.5) is 4.79 Å². The maximum absolute atomic E-state index is 11.6. The Morgan fingerprint density at radius 1 is 1.00 bits per heavy atom. The summed E-state index contributed by atoms with van der Waals surface area (Å²) in [6, 6.07) is 16.1. The molecule has 0 amide bonds. The molecule has 106 valence electrons. The fraction of sp³-hybridized carbons (Fsp3) is 0.167. The molecular formula is C18H16O3. The van der Waals surface area contributed by atoms with Crippen LogP contribution in [0, 0.1) is 0 Å². The zero-order valence-corrected chi connectivity index (χ0v) is 12.1. The highest BCUT2D eigenvalue weighted by molar-refractivity contribution is 6.07. The van der Waals surface area contributed by atoms with Gasteiger partial charge in [-0.05, 0) is 28.8 Å². The molecule has 3 rings (SSSR count). The molecule has 0 aliphatic carbocycles. The Labute approximate surface area is 123 Å². The van der Waals surface area contributed by atoms with Crippen LogP contribution < -0.4 is 4.74 Å². The average molecular weight is 280 g/mol. The van der Waals surface area contributed by atoms with Crippen molar-refractivity contribution < 1.29 is 14.3 Å². The van der Waals surface area contributed by atoms with Gasteiger partial charge in [-0.1, -0.05) is 49.4 Å². The van der Waals surface area contributed by atoms with Gasteiger partial charge in [0.25, 0.3) is 0 Å². The Morgan fingerprint density at radius 3 is 2.52 bits per heavy atom. The second-order valence-corrected chi connectivity index (χ2v) is 4.85. The normalized spacial score (nSPS) is 10.8. The van der Waals surface area contributed by atoms with E-state index in [2.05, 4.69) is 23.8 Å². The molecule has 0 fully saturated rings. The number of hydrogen-bond donors (Lipinski definition) is 0. The zero-order chi connectivity index (χ0) is 14.8. The molecule has 0 heterocycles. The molecule has 0 aromatic heterocycles. The van der Waals surface area contributed by atoms with Crippen molar-refractivity contribution in [1.82, 2.24) is 0 Å². The number of ether oxygens (including phenoxy) is 2. The van der Waals surface area contributed by atoms with Crippen molar-refractivity contribution in [2.45, 2.75) is 13.3 Å². The van der Waals surface area contributed by atoms with Gasteiger partial charge < -0.3 is 9.47 Å². The minimum atomic E-state index is -0.699. The van der Waals surface area contributed by atoms with E-state index >= 15 is 0 Å². The summed E-state index contributed by atoms with van der Waals surface area (Å²) in [5.41, 5.74) is 1.23. The highest BCUT2D eigenvalue weighted by atomic mass is 16.7. The maximum atomic E-state index is 11.6. The van der Waals surface area contributed by atoms with E-state index in [0.29, 0.717) is 5.75 Å². The number of carbonyl (C=O) groups excluding carboxylic acids is 1. The fourth-order valence-corrected chi connectivity index (χ4v) is 2.65. The first-order valence-corrected chi connectivity index (χ1v) is 6.93. The van der Waals surface area contributed by atoms with Gasteiger partial charge in [0, 0.05) is 10.8 Å². The van der Waals surface area contributed by atoms with Crippen LogP contribution in [0.25, 0.3) is 21.5 Å². The van der Waals surface area contributed by atoms with E-state index in [1.165, 1.54) is 12.7 Å². The van der Waals surface area contributed by atoms with Crippen LogP contribution in [0.5, 0.6) is 5.75 Å². The molecule has 21 heavy (non-hydrogen) atoms. The number of aryl methyl sites for hydroxylation is 1. The molecule has 0 saturated carbocycles. The smallest absolute Gasteiger partial charge is 0.437 e. The van der Waals surface area contributed by atoms with Gasteiger partial charge in [-0.2, -0.15) is 0 Å². The summed E-state index contributed by atoms with van der Waals surface area (Å²) in [6.07, 6.45) is 0.224. The molecule has 0 radical (unpaired) electrons. The molecule has 3 nitrogen and oxygen atoms in total. The molecule has 0 aliphatic heterocycles. The third kappa shape index (κ3) is 2.31. The minimum Gasteiger partial charge on any atom is -0.437 e. The number of rotatable bonds is 2. The number of carbonyl (C=O) groups is 1. The third-order valence-corrected chi connectivity index (χ3v) is 3.68. The third-order valence-electron chi connectivity index (χ3n) is 3.68. The van der Waals surface area contributed by atoms with E-state index in [-0.39, 0.29) is 0 Å². The maximum Gasteiger partial charge on any atom is 0.513 e. The Morgan fingerprint density at radius 2 is 1.76 bits per heavy atom. The summed E-state index contributed by atoms with van der Waals surface area (Å²) >= 11 is 0. The number of benzene rings is 3. The Kier molecular flexibility index (Phi) is 3.48. The molecular weight excluding hydrogens is 264 g/mol. The molecule has 3 aromatic carbocycles. The molecule has 0 unspecified atom stereocenters. The lowest BCUT2D eigenvalue weighted by Gasteiger charge is -2.13. The van der Waals surface area contributed by atoms with Crippen LogP contribution in [0.2, 0.25) is 0 Å². The molecule has 0 saturated heterocycles. The van der Waals surface area contributed by atoms with Crippen LogP contribution >= 0.6 is 0 Å². The van der Waals surface area contributed by atoms with E-state index in [1.807, 2.05) is 36.4 Å². The second kappa shape index (κ2) is 5.44. The molecule has 0 bridgehead atoms. The largest absolute Gasteiger partial charge is 0.513 e. The second-order valence-electron chi connectivity index (χ2n) is 4.85. The zero-order valence-electron chi connectivity index (χ0n) is 12.1. The average Bonchev–Trinajstić information content (AvgIpc) is 2.53. The summed E-state index contributed by atoms with van der Waals surface area (Å²) in [7, 11) is 1.31. The quantitative estimate of drug-likeness (QED) is 0.388. The summed E-state index contributed by atoms with van der Waals surface area (Å²) in [4.78, 5) is 11.6. The van der Waals surface area contributed by atoms with Gasteiger partial charge in [0.05, 0.1) is 7.11 Å². The van der Waals surface area contributed by atoms with E-state index in [4.69, 9.17) is 4.74 Å². The summed E-state index contributed by atoms with van der Waals surface area (Å²) < 4.78 is 10.1. The lowest BCUT2D eigenvalue weighted by atomic mass is 9.97. The Bertz CT molecular complexity index is 821. The van der Waals surface area contributed by atoms with Crippen molar-refractivity contribution in [2.75, 3.05) is 7.11 Å². The van der Waals surface area contributed by atoms with E-state index in [9.17, 15) is 4.79 Å². The molecule has 0 aliphatic rings. The predicted molar refractivity (Wildman–Crippen MR) is 83.9 cm³/mol. The fourth-order valence-electron chi connectivity index (χ4n) is 2.65. The molecule has 0 atom stereocenters. The first-order valence-electron chi connectivity index (χ1n) is 6.93. The summed E-state index contributed by atoms with van der Waals surface area (Å²) in [6.45, 7) is 2.12. The van der Waals surface area contributed by atoms with Gasteiger partial charge in [-0.15, -0.1) is 0 Å². The van der Waals surface area contributed by atoms with Crippen LogP contribution in [0.1, 0.15) is 12.5 Å². The van der Waals surface area contributed by atoms with Crippen molar-refractivity contribution in [3.05, 3.63) is 54.1 Å². The molecule has 0 N–H and O–H groups in total. The Balaban J connectivity index is 2.39. The lowest BCUT2D eigenvalue weighted by molar-refractivity contribution is 0.122. The molecule has 3 aromatic rings. The summed E-state index contributed by atoms with van der Waals surface area (Å²) in [5, 5.41) is 3.99. The van der Waals surface area contributed by atoms with Gasteiger partial charge in [0.1, 0.15) is 5.75 Å². The Hall–Kier alpha value is -2.55. The standard InChI is InChI=1S/C18H16O3/c1-3-12-8-6-10-15-16(12)11-13-7-4-5-9-14(13)17(15)21-18(19)20-2/h4-11H,3H2,1-2H3. The summed E-state index contributed by atoms with van der Waals surface area (Å²) in [5.74, 6) is 0.560. The number of methoxy groups -OCH3 is 1. The predicted octanol–water partition coefficient (Wildman–Crippen LogP) is 4.70. The SMILES string of the molecule is CCc1cccc2c(OC(=O)OC)c3ccccc3cc12. The lowest BCUT2D eigenvalue weighted by Crippen LogP contribution is -2.08. The monoisotopic (exact) mass is 280 g/mol. The van der Waals surface area contributed by atoms with Crippen molar-refractivity contribution in [1.29, 1.82) is 0 Å². The van der Waals surface area contributed by atoms with Crippen LogP contribution in [0.3, 0.4) is 0 Å². The van der Waals surface area contributed by atoms with Crippen LogP contribution in [-0.2, 0) is 11.2 Å². The van der Waals surface area contributed by atoms with Crippen molar-refractivity contribution in [3.63, 3.8) is 0 Å². The van der Waals surface area contributed by atoms with Gasteiger partial charge in [0.15, 0.2) is 0 Å². The van der Waals surface area contributed by atoms with Gasteiger partial charge >= 0.3 is 6.16 Å². The van der Waals surface area contributed by atoms with E-state index in [1.54, 1.807) is 0 Å². The highest BCUT2D eigenvalue weighted by Gasteiger charge is 2.14. The van der Waals surface area contributed by atoms with Gasteiger partial charge in [0.2, 0.25) is 0 Å². The first kappa shape index (κ1) is 13.4. The van der Waals surface area contributed by atoms with Crippen LogP contribution in [-0.4, -0.2) is 13.3 Å². The molecule has 3 heteroatoms. The van der Waals surface area contributed by atoms with Crippen molar-refractivity contribution >= 4 is 27.7 Å². The number of hydrogen-bond acceptors (Lipinski definition) is 3. The van der Waals surface area contributed by atoms with E-state index in [0.717, 1.165) is 28.0 Å². The molecule has 0 spiro atoms. The minimum absolute atomic E-state index is 0.560. The highest BCUT2D eigenvalue weighted by Crippen LogP contribution is 2.36. The number of fused-ring (bicyclic) bond motifs is 2. The first-order chi connectivity index (χ1) is 10.2. The van der Waals surface area contributed by atoms with Crippen molar-refractivity contribution in [3.8, 4) is 5.75 Å². The van der Waals surface area contributed by atoms with E-state index < -0.39 is 6.16 Å². The van der Waals surface area contributed by atoms with Crippen LogP contribution in [0.15, 0.2) is 48.5 Å². The topological polar surface area (TPSA) is 35.5 Å². The van der Waals surface area contributed by atoms with Gasteiger partial charge in [-0.25, -0.2) is 4.79 Å².